The molecule has 2 aromatic rings. The fourth-order valence-corrected chi connectivity index (χ4v) is 2.76. The van der Waals surface area contributed by atoms with Crippen molar-refractivity contribution in [1.29, 1.82) is 5.26 Å². The quantitative estimate of drug-likeness (QED) is 0.784. The van der Waals surface area contributed by atoms with Crippen LogP contribution in [-0.4, -0.2) is 17.4 Å². The molecule has 2 amide bonds. The fourth-order valence-electron chi connectivity index (χ4n) is 2.76. The van der Waals surface area contributed by atoms with Crippen LogP contribution in [0, 0.1) is 18.3 Å². The van der Waals surface area contributed by atoms with Crippen molar-refractivity contribution < 1.29 is 14.3 Å². The van der Waals surface area contributed by atoms with Crippen molar-refractivity contribution in [2.75, 3.05) is 0 Å². The molecule has 3 N–H and O–H groups in total. The van der Waals surface area contributed by atoms with E-state index >= 15 is 0 Å². The fraction of sp³-hybridized carbons (Fsp3) is 0.286. The molecule has 0 atom stereocenters. The highest BCUT2D eigenvalue weighted by Crippen LogP contribution is 2.26. The van der Waals surface area contributed by atoms with Gasteiger partial charge >= 0.3 is 0 Å². The van der Waals surface area contributed by atoms with Gasteiger partial charge in [-0.15, -0.1) is 0 Å². The first-order chi connectivity index (χ1) is 12.8. The first-order valence-corrected chi connectivity index (χ1v) is 8.76. The average molecular weight is 365 g/mol. The number of aryl methyl sites for hydroxylation is 1. The number of primary amides is 1. The maximum Gasteiger partial charge on any atom is 0.252 e. The SMILES string of the molecule is CCC(CC)(NC(=O)c1ccc(Oc2ccc(C#N)cc2C)cc1)C(N)=O. The molecule has 0 bridgehead atoms. The third-order valence-corrected chi connectivity index (χ3v) is 4.68. The summed E-state index contributed by atoms with van der Waals surface area (Å²) in [5, 5.41) is 11.7. The van der Waals surface area contributed by atoms with E-state index in [1.165, 1.54) is 0 Å². The molecule has 0 aliphatic heterocycles. The van der Waals surface area contributed by atoms with Gasteiger partial charge in [-0.3, -0.25) is 9.59 Å². The molecule has 2 aromatic carbocycles. The molecule has 0 spiro atoms. The van der Waals surface area contributed by atoms with Gasteiger partial charge in [-0.25, -0.2) is 0 Å². The van der Waals surface area contributed by atoms with Gasteiger partial charge in [0.25, 0.3) is 5.91 Å². The summed E-state index contributed by atoms with van der Waals surface area (Å²) >= 11 is 0. The molecular weight excluding hydrogens is 342 g/mol. The smallest absolute Gasteiger partial charge is 0.252 e. The van der Waals surface area contributed by atoms with Gasteiger partial charge in [-0.1, -0.05) is 13.8 Å². The Labute approximate surface area is 158 Å². The first-order valence-electron chi connectivity index (χ1n) is 8.76. The first kappa shape index (κ1) is 20.0. The lowest BCUT2D eigenvalue weighted by atomic mass is 9.91. The number of carbonyl (C=O) groups is 2. The van der Waals surface area contributed by atoms with E-state index in [9.17, 15) is 9.59 Å². The van der Waals surface area contributed by atoms with E-state index in [0.29, 0.717) is 35.5 Å². The minimum absolute atomic E-state index is 0.362. The number of rotatable bonds is 7. The zero-order valence-corrected chi connectivity index (χ0v) is 15.7. The lowest BCUT2D eigenvalue weighted by Crippen LogP contribution is -2.56. The van der Waals surface area contributed by atoms with Gasteiger partial charge in [-0.05, 0) is 67.8 Å². The van der Waals surface area contributed by atoms with Crippen LogP contribution in [0.5, 0.6) is 11.5 Å². The van der Waals surface area contributed by atoms with Crippen LogP contribution in [0.3, 0.4) is 0 Å². The van der Waals surface area contributed by atoms with Crippen LogP contribution >= 0.6 is 0 Å². The molecular formula is C21H23N3O3. The summed E-state index contributed by atoms with van der Waals surface area (Å²) in [5.41, 5.74) is 6.24. The Kier molecular flexibility index (Phi) is 6.19. The van der Waals surface area contributed by atoms with Gasteiger partial charge in [-0.2, -0.15) is 5.26 Å². The predicted molar refractivity (Wildman–Crippen MR) is 102 cm³/mol. The molecule has 0 aliphatic carbocycles. The van der Waals surface area contributed by atoms with Crippen LogP contribution in [0.4, 0.5) is 0 Å². The van der Waals surface area contributed by atoms with Gasteiger partial charge in [0.2, 0.25) is 5.91 Å². The molecule has 27 heavy (non-hydrogen) atoms. The van der Waals surface area contributed by atoms with E-state index in [2.05, 4.69) is 11.4 Å². The Balaban J connectivity index is 2.14. The molecule has 0 saturated carbocycles. The number of nitrogens with one attached hydrogen (secondary N) is 1. The van der Waals surface area contributed by atoms with E-state index < -0.39 is 11.4 Å². The van der Waals surface area contributed by atoms with Crippen molar-refractivity contribution in [1.82, 2.24) is 5.32 Å². The van der Waals surface area contributed by atoms with Gasteiger partial charge < -0.3 is 15.8 Å². The van der Waals surface area contributed by atoms with Crippen molar-refractivity contribution in [3.63, 3.8) is 0 Å². The Bertz CT molecular complexity index is 879. The molecule has 0 heterocycles. The largest absolute Gasteiger partial charge is 0.457 e. The van der Waals surface area contributed by atoms with Gasteiger partial charge in [0.05, 0.1) is 11.6 Å². The lowest BCUT2D eigenvalue weighted by Gasteiger charge is -2.29. The summed E-state index contributed by atoms with van der Waals surface area (Å²) in [5.74, 6) is 0.290. The molecule has 0 aliphatic rings. The average Bonchev–Trinajstić information content (AvgIpc) is 2.67. The molecule has 0 saturated heterocycles. The second-order valence-corrected chi connectivity index (χ2v) is 6.33. The predicted octanol–water partition coefficient (Wildman–Crippen LogP) is 3.43. The van der Waals surface area contributed by atoms with Crippen LogP contribution in [0.1, 0.15) is 48.2 Å². The standard InChI is InChI=1S/C21H23N3O3/c1-4-21(5-2,20(23)26)24-19(25)16-7-9-17(10-8-16)27-18-11-6-15(13-22)12-14(18)3/h6-12H,4-5H2,1-3H3,(H2,23,26)(H,24,25). The summed E-state index contributed by atoms with van der Waals surface area (Å²) in [6.45, 7) is 5.48. The third-order valence-electron chi connectivity index (χ3n) is 4.68. The van der Waals surface area contributed by atoms with Crippen molar-refractivity contribution in [3.05, 3.63) is 59.2 Å². The highest BCUT2D eigenvalue weighted by molar-refractivity contribution is 5.99. The van der Waals surface area contributed by atoms with Gasteiger partial charge in [0, 0.05) is 5.56 Å². The maximum absolute atomic E-state index is 12.5. The van der Waals surface area contributed by atoms with E-state index in [4.69, 9.17) is 15.7 Å². The Morgan fingerprint density at radius 1 is 1.15 bits per heavy atom. The minimum Gasteiger partial charge on any atom is -0.457 e. The Morgan fingerprint density at radius 2 is 1.78 bits per heavy atom. The van der Waals surface area contributed by atoms with Crippen LogP contribution in [0.15, 0.2) is 42.5 Å². The second-order valence-electron chi connectivity index (χ2n) is 6.33. The monoisotopic (exact) mass is 365 g/mol. The van der Waals surface area contributed by atoms with Crippen LogP contribution in [-0.2, 0) is 4.79 Å². The number of hydrogen-bond acceptors (Lipinski definition) is 4. The number of benzene rings is 2. The molecule has 0 unspecified atom stereocenters. The summed E-state index contributed by atoms with van der Waals surface area (Å²) in [6, 6.07) is 13.9. The number of hydrogen-bond donors (Lipinski definition) is 2. The molecule has 0 radical (unpaired) electrons. The summed E-state index contributed by atoms with van der Waals surface area (Å²) < 4.78 is 5.81. The van der Waals surface area contributed by atoms with Crippen molar-refractivity contribution in [3.8, 4) is 17.6 Å². The van der Waals surface area contributed by atoms with E-state index in [1.54, 1.807) is 42.5 Å². The highest BCUT2D eigenvalue weighted by Gasteiger charge is 2.34. The van der Waals surface area contributed by atoms with Gasteiger partial charge in [0.1, 0.15) is 17.0 Å². The number of carbonyl (C=O) groups excluding carboxylic acids is 2. The van der Waals surface area contributed by atoms with Crippen LogP contribution < -0.4 is 15.8 Å². The third kappa shape index (κ3) is 4.45. The number of nitrogens with zero attached hydrogens (tertiary/aromatic N) is 1. The van der Waals surface area contributed by atoms with E-state index in [-0.39, 0.29) is 5.91 Å². The molecule has 6 heteroatoms. The number of amides is 2. The summed E-state index contributed by atoms with van der Waals surface area (Å²) in [7, 11) is 0. The zero-order valence-electron chi connectivity index (χ0n) is 15.7. The maximum atomic E-state index is 12.5. The summed E-state index contributed by atoms with van der Waals surface area (Å²) in [6.07, 6.45) is 0.841. The number of nitrogens with two attached hydrogens (primary N) is 1. The highest BCUT2D eigenvalue weighted by atomic mass is 16.5. The molecule has 6 nitrogen and oxygen atoms in total. The molecule has 140 valence electrons. The Morgan fingerprint density at radius 3 is 2.26 bits per heavy atom. The van der Waals surface area contributed by atoms with Crippen LogP contribution in [0.2, 0.25) is 0 Å². The normalized spacial score (nSPS) is 10.7. The second kappa shape index (κ2) is 8.37. The van der Waals surface area contributed by atoms with Crippen LogP contribution in [0.25, 0.3) is 0 Å². The Hall–Kier alpha value is -3.33. The van der Waals surface area contributed by atoms with Gasteiger partial charge in [0.15, 0.2) is 0 Å². The lowest BCUT2D eigenvalue weighted by molar-refractivity contribution is -0.124. The molecule has 0 fully saturated rings. The molecule has 2 rings (SSSR count). The number of ether oxygens (including phenoxy) is 1. The van der Waals surface area contributed by atoms with E-state index in [1.807, 2.05) is 20.8 Å². The minimum atomic E-state index is -1.05. The van der Waals surface area contributed by atoms with Crippen molar-refractivity contribution in [2.45, 2.75) is 39.2 Å². The zero-order chi connectivity index (χ0) is 20.0. The topological polar surface area (TPSA) is 105 Å². The van der Waals surface area contributed by atoms with E-state index in [0.717, 1.165) is 5.56 Å². The van der Waals surface area contributed by atoms with Crippen molar-refractivity contribution >= 4 is 11.8 Å². The summed E-state index contributed by atoms with van der Waals surface area (Å²) in [4.78, 5) is 24.2. The number of nitriles is 1. The van der Waals surface area contributed by atoms with Crippen molar-refractivity contribution in [2.24, 2.45) is 5.73 Å². The molecule has 0 aromatic heterocycles.